The predicted molar refractivity (Wildman–Crippen MR) is 89.3 cm³/mol. The Morgan fingerprint density at radius 2 is 1.73 bits per heavy atom. The van der Waals surface area contributed by atoms with E-state index in [1.165, 1.54) is 37.7 Å². The van der Waals surface area contributed by atoms with E-state index in [9.17, 15) is 9.59 Å². The number of hydrogen-bond acceptors (Lipinski definition) is 3. The van der Waals surface area contributed by atoms with Gasteiger partial charge in [-0.1, -0.05) is 43.6 Å². The minimum absolute atomic E-state index is 0.0871. The van der Waals surface area contributed by atoms with Gasteiger partial charge in [0.05, 0.1) is 6.42 Å². The van der Waals surface area contributed by atoms with Gasteiger partial charge in [0, 0.05) is 5.56 Å². The van der Waals surface area contributed by atoms with Crippen molar-refractivity contribution in [2.75, 3.05) is 0 Å². The zero-order chi connectivity index (χ0) is 15.9. The molecule has 1 fully saturated rings. The van der Waals surface area contributed by atoms with Crippen LogP contribution < -0.4 is 16.6 Å². The molecular formula is C16H21N3O2S. The number of nitrogens with one attached hydrogen (secondary N) is 2. The monoisotopic (exact) mass is 319 g/mol. The number of amides is 2. The van der Waals surface area contributed by atoms with Gasteiger partial charge in [-0.15, -0.1) is 0 Å². The molecule has 118 valence electrons. The molecule has 5 nitrogen and oxygen atoms in total. The lowest BCUT2D eigenvalue weighted by Crippen LogP contribution is -2.42. The minimum Gasteiger partial charge on any atom is -0.369 e. The van der Waals surface area contributed by atoms with Gasteiger partial charge in [0.25, 0.3) is 5.91 Å². The Hall–Kier alpha value is -1.95. The second kappa shape index (κ2) is 7.89. The van der Waals surface area contributed by atoms with Crippen LogP contribution in [0.2, 0.25) is 0 Å². The number of hydrazine groups is 1. The van der Waals surface area contributed by atoms with Gasteiger partial charge in [0.15, 0.2) is 0 Å². The molecule has 2 amide bonds. The van der Waals surface area contributed by atoms with Crippen LogP contribution in [0, 0.1) is 0 Å². The Bertz CT molecular complexity index is 551. The zero-order valence-corrected chi connectivity index (χ0v) is 13.2. The molecule has 0 saturated heterocycles. The van der Waals surface area contributed by atoms with Crippen molar-refractivity contribution in [3.05, 3.63) is 35.4 Å². The maximum Gasteiger partial charge on any atom is 0.269 e. The highest BCUT2D eigenvalue weighted by Crippen LogP contribution is 2.32. The molecule has 0 aromatic heterocycles. The second-order valence-corrected chi connectivity index (χ2v) is 6.10. The summed E-state index contributed by atoms with van der Waals surface area (Å²) in [4.78, 5) is 22.9. The summed E-state index contributed by atoms with van der Waals surface area (Å²) < 4.78 is 0. The van der Waals surface area contributed by atoms with Crippen molar-refractivity contribution in [3.63, 3.8) is 0 Å². The Kier molecular flexibility index (Phi) is 5.89. The minimum atomic E-state index is -0.538. The van der Waals surface area contributed by atoms with E-state index in [0.29, 0.717) is 11.5 Å². The molecule has 2 rings (SSSR count). The van der Waals surface area contributed by atoms with Crippen molar-refractivity contribution in [1.29, 1.82) is 0 Å². The number of hydrogen-bond donors (Lipinski definition) is 3. The summed E-state index contributed by atoms with van der Waals surface area (Å²) in [5.74, 6) is -0.210. The summed E-state index contributed by atoms with van der Waals surface area (Å²) >= 11 is 4.88. The van der Waals surface area contributed by atoms with Crippen LogP contribution in [-0.4, -0.2) is 16.8 Å². The number of nitrogens with two attached hydrogens (primary N) is 1. The summed E-state index contributed by atoms with van der Waals surface area (Å²) in [5, 5.41) is 0. The number of rotatable bonds is 4. The SMILES string of the molecule is NC(=O)CC(=S)NNC(=O)c1ccc(C2CCCCC2)cc1. The highest BCUT2D eigenvalue weighted by molar-refractivity contribution is 7.80. The van der Waals surface area contributed by atoms with Gasteiger partial charge < -0.3 is 5.73 Å². The fourth-order valence-electron chi connectivity index (χ4n) is 2.74. The maximum atomic E-state index is 12.0. The first-order chi connectivity index (χ1) is 10.6. The number of carbonyl (C=O) groups is 2. The molecule has 6 heteroatoms. The van der Waals surface area contributed by atoms with E-state index in [0.717, 1.165) is 0 Å². The topological polar surface area (TPSA) is 84.2 Å². The maximum absolute atomic E-state index is 12.0. The molecule has 0 atom stereocenters. The molecular weight excluding hydrogens is 298 g/mol. The number of thiocarbonyl (C=S) groups is 1. The van der Waals surface area contributed by atoms with Crippen molar-refractivity contribution in [1.82, 2.24) is 10.9 Å². The lowest BCUT2D eigenvalue weighted by atomic mass is 9.84. The van der Waals surface area contributed by atoms with Gasteiger partial charge in [-0.25, -0.2) is 0 Å². The van der Waals surface area contributed by atoms with Crippen molar-refractivity contribution < 1.29 is 9.59 Å². The first-order valence-electron chi connectivity index (χ1n) is 7.53. The van der Waals surface area contributed by atoms with Gasteiger partial charge in [-0.2, -0.15) is 0 Å². The lowest BCUT2D eigenvalue weighted by molar-refractivity contribution is -0.116. The molecule has 0 radical (unpaired) electrons. The van der Waals surface area contributed by atoms with Crippen LogP contribution in [0.4, 0.5) is 0 Å². The quantitative estimate of drug-likeness (QED) is 0.586. The van der Waals surface area contributed by atoms with Gasteiger partial charge in [-0.05, 0) is 36.5 Å². The first kappa shape index (κ1) is 16.4. The number of primary amides is 1. The average Bonchev–Trinajstić information content (AvgIpc) is 2.53. The van der Waals surface area contributed by atoms with Crippen molar-refractivity contribution in [2.45, 2.75) is 44.4 Å². The smallest absolute Gasteiger partial charge is 0.269 e. The average molecular weight is 319 g/mol. The normalized spacial score (nSPS) is 15.1. The van der Waals surface area contributed by atoms with Crippen LogP contribution in [0.1, 0.15) is 60.4 Å². The number of benzene rings is 1. The van der Waals surface area contributed by atoms with E-state index in [1.54, 1.807) is 0 Å². The van der Waals surface area contributed by atoms with Crippen LogP contribution in [0.15, 0.2) is 24.3 Å². The molecule has 1 saturated carbocycles. The third-order valence-electron chi connectivity index (χ3n) is 3.90. The molecule has 0 spiro atoms. The zero-order valence-electron chi connectivity index (χ0n) is 12.4. The van der Waals surface area contributed by atoms with E-state index in [-0.39, 0.29) is 17.3 Å². The fraction of sp³-hybridized carbons (Fsp3) is 0.438. The predicted octanol–water partition coefficient (Wildman–Crippen LogP) is 2.17. The molecule has 1 aromatic carbocycles. The summed E-state index contributed by atoms with van der Waals surface area (Å²) in [6.45, 7) is 0. The van der Waals surface area contributed by atoms with Crippen LogP contribution in [-0.2, 0) is 4.79 Å². The van der Waals surface area contributed by atoms with Crippen LogP contribution in [0.3, 0.4) is 0 Å². The van der Waals surface area contributed by atoms with Crippen molar-refractivity contribution in [2.24, 2.45) is 5.73 Å². The lowest BCUT2D eigenvalue weighted by Gasteiger charge is -2.22. The molecule has 0 aliphatic heterocycles. The third kappa shape index (κ3) is 4.80. The highest BCUT2D eigenvalue weighted by atomic mass is 32.1. The Morgan fingerprint density at radius 1 is 1.09 bits per heavy atom. The number of carbonyl (C=O) groups excluding carboxylic acids is 2. The van der Waals surface area contributed by atoms with Crippen LogP contribution >= 0.6 is 12.2 Å². The third-order valence-corrected chi connectivity index (χ3v) is 4.15. The van der Waals surface area contributed by atoms with Crippen molar-refractivity contribution in [3.8, 4) is 0 Å². The Labute approximate surface area is 135 Å². The van der Waals surface area contributed by atoms with E-state index < -0.39 is 5.91 Å². The highest BCUT2D eigenvalue weighted by Gasteiger charge is 2.16. The molecule has 1 aliphatic carbocycles. The first-order valence-corrected chi connectivity index (χ1v) is 7.94. The van der Waals surface area contributed by atoms with Crippen LogP contribution in [0.5, 0.6) is 0 Å². The van der Waals surface area contributed by atoms with E-state index in [4.69, 9.17) is 18.0 Å². The molecule has 0 heterocycles. The fourth-order valence-corrected chi connectivity index (χ4v) is 2.94. The molecule has 1 aliphatic rings. The molecule has 1 aromatic rings. The summed E-state index contributed by atoms with van der Waals surface area (Å²) in [6, 6.07) is 7.68. The summed E-state index contributed by atoms with van der Waals surface area (Å²) in [6.07, 6.45) is 6.27. The molecule has 0 unspecified atom stereocenters. The molecule has 0 bridgehead atoms. The van der Waals surface area contributed by atoms with Crippen LogP contribution in [0.25, 0.3) is 0 Å². The van der Waals surface area contributed by atoms with Gasteiger partial charge in [0.2, 0.25) is 5.91 Å². The van der Waals surface area contributed by atoms with Gasteiger partial charge in [-0.3, -0.25) is 20.4 Å². The van der Waals surface area contributed by atoms with E-state index >= 15 is 0 Å². The summed E-state index contributed by atoms with van der Waals surface area (Å²) in [5.41, 5.74) is 11.9. The second-order valence-electron chi connectivity index (χ2n) is 5.60. The molecule has 4 N–H and O–H groups in total. The van der Waals surface area contributed by atoms with E-state index in [2.05, 4.69) is 10.9 Å². The summed E-state index contributed by atoms with van der Waals surface area (Å²) in [7, 11) is 0. The largest absolute Gasteiger partial charge is 0.369 e. The van der Waals surface area contributed by atoms with Gasteiger partial charge >= 0.3 is 0 Å². The van der Waals surface area contributed by atoms with Gasteiger partial charge in [0.1, 0.15) is 4.99 Å². The van der Waals surface area contributed by atoms with E-state index in [1.807, 2.05) is 24.3 Å². The standard InChI is InChI=1S/C16H21N3O2S/c17-14(20)10-15(22)18-19-16(21)13-8-6-12(7-9-13)11-4-2-1-3-5-11/h6-9,11H,1-5,10H2,(H2,17,20)(H,18,22)(H,19,21). The molecule has 22 heavy (non-hydrogen) atoms. The Balaban J connectivity index is 1.88. The van der Waals surface area contributed by atoms with Crippen molar-refractivity contribution >= 4 is 29.0 Å². The Morgan fingerprint density at radius 3 is 2.32 bits per heavy atom.